The molecule has 0 spiro atoms. The maximum absolute atomic E-state index is 12.8. The van der Waals surface area contributed by atoms with Gasteiger partial charge < -0.3 is 15.3 Å². The lowest BCUT2D eigenvalue weighted by Crippen LogP contribution is -2.57. The largest absolute Gasteiger partial charge is 0.394 e. The fourth-order valence-electron chi connectivity index (χ4n) is 3.35. The third kappa shape index (κ3) is 2.54. The first-order chi connectivity index (χ1) is 8.73. The van der Waals surface area contributed by atoms with E-state index in [0.717, 1.165) is 51.6 Å². The van der Waals surface area contributed by atoms with Crippen LogP contribution in [-0.2, 0) is 4.79 Å². The second-order valence-corrected chi connectivity index (χ2v) is 5.65. The Morgan fingerprint density at radius 3 is 2.83 bits per heavy atom. The minimum atomic E-state index is -0.349. The van der Waals surface area contributed by atoms with Gasteiger partial charge in [-0.1, -0.05) is 19.8 Å². The number of nitrogens with zero attached hydrogens (tertiary/aromatic N) is 1. The summed E-state index contributed by atoms with van der Waals surface area (Å²) in [5.41, 5.74) is -0.349. The lowest BCUT2D eigenvalue weighted by atomic mass is 9.91. The number of carbonyl (C=O) groups excluding carboxylic acids is 1. The fourth-order valence-corrected chi connectivity index (χ4v) is 3.35. The maximum Gasteiger partial charge on any atom is 0.243 e. The third-order valence-electron chi connectivity index (χ3n) is 4.61. The van der Waals surface area contributed by atoms with Crippen LogP contribution in [0.2, 0.25) is 0 Å². The molecule has 2 fully saturated rings. The van der Waals surface area contributed by atoms with Crippen LogP contribution in [0, 0.1) is 0 Å². The zero-order valence-electron chi connectivity index (χ0n) is 11.5. The molecule has 0 bridgehead atoms. The van der Waals surface area contributed by atoms with Crippen molar-refractivity contribution >= 4 is 5.91 Å². The van der Waals surface area contributed by atoms with E-state index in [9.17, 15) is 9.90 Å². The monoisotopic (exact) mass is 254 g/mol. The van der Waals surface area contributed by atoms with E-state index in [0.29, 0.717) is 0 Å². The molecule has 2 atom stereocenters. The average Bonchev–Trinajstić information content (AvgIpc) is 2.77. The number of aliphatic hydroxyl groups is 1. The molecule has 2 aliphatic heterocycles. The Bertz CT molecular complexity index is 288. The van der Waals surface area contributed by atoms with E-state index < -0.39 is 0 Å². The minimum absolute atomic E-state index is 0.0332. The predicted molar refractivity (Wildman–Crippen MR) is 71.3 cm³/mol. The lowest BCUT2D eigenvalue weighted by molar-refractivity contribution is -0.141. The highest BCUT2D eigenvalue weighted by Crippen LogP contribution is 2.28. The van der Waals surface area contributed by atoms with Crippen molar-refractivity contribution in [2.45, 2.75) is 63.5 Å². The van der Waals surface area contributed by atoms with E-state index in [2.05, 4.69) is 12.2 Å². The van der Waals surface area contributed by atoms with Crippen LogP contribution in [0.4, 0.5) is 0 Å². The Hall–Kier alpha value is -0.610. The first-order valence-corrected chi connectivity index (χ1v) is 7.40. The number of aliphatic hydroxyl groups excluding tert-OH is 1. The summed E-state index contributed by atoms with van der Waals surface area (Å²) in [7, 11) is 0. The number of likely N-dealkylation sites (tertiary alicyclic amines) is 1. The predicted octanol–water partition coefficient (Wildman–Crippen LogP) is 1.28. The van der Waals surface area contributed by atoms with Gasteiger partial charge in [-0.3, -0.25) is 4.79 Å². The molecule has 0 saturated carbocycles. The quantitative estimate of drug-likeness (QED) is 0.798. The van der Waals surface area contributed by atoms with E-state index in [1.807, 2.05) is 4.90 Å². The Balaban J connectivity index is 2.13. The summed E-state index contributed by atoms with van der Waals surface area (Å²) in [6.45, 7) is 3.94. The molecular formula is C14H26N2O2. The summed E-state index contributed by atoms with van der Waals surface area (Å²) >= 11 is 0. The van der Waals surface area contributed by atoms with Crippen molar-refractivity contribution in [3.63, 3.8) is 0 Å². The van der Waals surface area contributed by atoms with E-state index in [1.54, 1.807) is 0 Å². The van der Waals surface area contributed by atoms with E-state index in [1.165, 1.54) is 6.42 Å². The second kappa shape index (κ2) is 6.02. The van der Waals surface area contributed by atoms with Crippen molar-refractivity contribution in [1.29, 1.82) is 0 Å². The summed E-state index contributed by atoms with van der Waals surface area (Å²) in [4.78, 5) is 14.8. The highest BCUT2D eigenvalue weighted by molar-refractivity contribution is 5.87. The summed E-state index contributed by atoms with van der Waals surface area (Å²) in [6.07, 6.45) is 7.19. The van der Waals surface area contributed by atoms with Crippen LogP contribution in [0.25, 0.3) is 0 Å². The van der Waals surface area contributed by atoms with Crippen LogP contribution in [0.3, 0.4) is 0 Å². The van der Waals surface area contributed by atoms with Crippen molar-refractivity contribution in [2.75, 3.05) is 19.7 Å². The molecular weight excluding hydrogens is 228 g/mol. The number of hydrogen-bond acceptors (Lipinski definition) is 3. The molecule has 2 unspecified atom stereocenters. The molecule has 0 aromatic carbocycles. The fraction of sp³-hybridized carbons (Fsp3) is 0.929. The first-order valence-electron chi connectivity index (χ1n) is 7.40. The summed E-state index contributed by atoms with van der Waals surface area (Å²) in [5, 5.41) is 12.9. The molecule has 2 N–H and O–H groups in total. The molecule has 0 radical (unpaired) electrons. The summed E-state index contributed by atoms with van der Waals surface area (Å²) < 4.78 is 0. The molecule has 18 heavy (non-hydrogen) atoms. The molecule has 4 heteroatoms. The van der Waals surface area contributed by atoms with Gasteiger partial charge in [0.2, 0.25) is 5.91 Å². The molecule has 0 aromatic heterocycles. The van der Waals surface area contributed by atoms with Crippen LogP contribution >= 0.6 is 0 Å². The van der Waals surface area contributed by atoms with Gasteiger partial charge in [-0.15, -0.1) is 0 Å². The van der Waals surface area contributed by atoms with Gasteiger partial charge in [0.1, 0.15) is 0 Å². The number of hydrogen-bond donors (Lipinski definition) is 2. The summed E-state index contributed by atoms with van der Waals surface area (Å²) in [6, 6.07) is 0.0332. The van der Waals surface area contributed by atoms with Crippen molar-refractivity contribution in [3.05, 3.63) is 0 Å². The zero-order chi connectivity index (χ0) is 13.0. The van der Waals surface area contributed by atoms with Crippen LogP contribution in [0.1, 0.15) is 51.9 Å². The molecule has 104 valence electrons. The van der Waals surface area contributed by atoms with Crippen LogP contribution < -0.4 is 5.32 Å². The van der Waals surface area contributed by atoms with Gasteiger partial charge in [0.05, 0.1) is 18.2 Å². The van der Waals surface area contributed by atoms with Crippen molar-refractivity contribution < 1.29 is 9.90 Å². The molecule has 2 aliphatic rings. The Morgan fingerprint density at radius 1 is 1.39 bits per heavy atom. The highest BCUT2D eigenvalue weighted by atomic mass is 16.3. The first kappa shape index (κ1) is 13.8. The number of amides is 1. The lowest BCUT2D eigenvalue weighted by Gasteiger charge is -2.37. The van der Waals surface area contributed by atoms with Gasteiger partial charge >= 0.3 is 0 Å². The topological polar surface area (TPSA) is 52.6 Å². The SMILES string of the molecule is CCC1(C(=O)N2CCCCCC2CO)CCCN1. The van der Waals surface area contributed by atoms with Crippen molar-refractivity contribution in [3.8, 4) is 0 Å². The van der Waals surface area contributed by atoms with Gasteiger partial charge in [-0.05, 0) is 38.6 Å². The minimum Gasteiger partial charge on any atom is -0.394 e. The van der Waals surface area contributed by atoms with Gasteiger partial charge in [-0.2, -0.15) is 0 Å². The number of carbonyl (C=O) groups is 1. The van der Waals surface area contributed by atoms with Crippen molar-refractivity contribution in [2.24, 2.45) is 0 Å². The Morgan fingerprint density at radius 2 is 2.22 bits per heavy atom. The smallest absolute Gasteiger partial charge is 0.243 e. The third-order valence-corrected chi connectivity index (χ3v) is 4.61. The standard InChI is InChI=1S/C14H26N2O2/c1-2-14(8-6-9-15-14)13(18)16-10-5-3-4-7-12(16)11-17/h12,15,17H,2-11H2,1H3. The molecule has 2 heterocycles. The van der Waals surface area contributed by atoms with Crippen molar-refractivity contribution in [1.82, 2.24) is 10.2 Å². The van der Waals surface area contributed by atoms with E-state index in [-0.39, 0.29) is 24.1 Å². The zero-order valence-corrected chi connectivity index (χ0v) is 11.5. The second-order valence-electron chi connectivity index (χ2n) is 5.65. The van der Waals surface area contributed by atoms with Gasteiger partial charge in [-0.25, -0.2) is 0 Å². The molecule has 0 aliphatic carbocycles. The highest BCUT2D eigenvalue weighted by Gasteiger charge is 2.43. The van der Waals surface area contributed by atoms with E-state index in [4.69, 9.17) is 0 Å². The normalized spacial score (nSPS) is 33.4. The van der Waals surface area contributed by atoms with Crippen LogP contribution in [-0.4, -0.2) is 47.2 Å². The van der Waals surface area contributed by atoms with Gasteiger partial charge in [0.25, 0.3) is 0 Å². The molecule has 0 aromatic rings. The molecule has 4 nitrogen and oxygen atoms in total. The van der Waals surface area contributed by atoms with Crippen LogP contribution in [0.5, 0.6) is 0 Å². The average molecular weight is 254 g/mol. The summed E-state index contributed by atoms with van der Waals surface area (Å²) in [5.74, 6) is 0.225. The Kier molecular flexibility index (Phi) is 4.62. The Labute approximate surface area is 110 Å². The number of nitrogens with one attached hydrogen (secondary N) is 1. The van der Waals surface area contributed by atoms with E-state index >= 15 is 0 Å². The van der Waals surface area contributed by atoms with Crippen LogP contribution in [0.15, 0.2) is 0 Å². The van der Waals surface area contributed by atoms with Gasteiger partial charge in [0.15, 0.2) is 0 Å². The molecule has 1 amide bonds. The molecule has 2 saturated heterocycles. The number of rotatable bonds is 3. The van der Waals surface area contributed by atoms with Gasteiger partial charge in [0, 0.05) is 6.54 Å². The maximum atomic E-state index is 12.8. The molecule has 2 rings (SSSR count).